The van der Waals surface area contributed by atoms with Crippen LogP contribution in [-0.2, 0) is 6.18 Å². The maximum atomic E-state index is 17.0. The molecule has 15 rings (SSSR count). The molecule has 0 fully saturated rings. The van der Waals surface area contributed by atoms with Crippen LogP contribution in [0.2, 0.25) is 0 Å². The zero-order chi connectivity index (χ0) is 68.9. The number of hydrogen-bond acceptors (Lipinski definition) is 7. The normalized spacial score (nSPS) is 11.1. The average Bonchev–Trinajstić information content (AvgIpc) is 1.64. The van der Waals surface area contributed by atoms with E-state index >= 15 is 13.2 Å². The van der Waals surface area contributed by atoms with Gasteiger partial charge in [0.15, 0.2) is 40.2 Å². The summed E-state index contributed by atoms with van der Waals surface area (Å²) < 4.78 is 54.7. The quantitative estimate of drug-likeness (QED) is 0.123. The number of alkyl halides is 3. The second-order valence-corrected chi connectivity index (χ2v) is 23.5. The van der Waals surface area contributed by atoms with E-state index in [0.29, 0.717) is 122 Å². The highest BCUT2D eigenvalue weighted by Gasteiger charge is 2.37. The summed E-state index contributed by atoms with van der Waals surface area (Å²) in [5, 5.41) is 42.9. The Bertz CT molecular complexity index is 5930. The van der Waals surface area contributed by atoms with Gasteiger partial charge >= 0.3 is 6.18 Å². The van der Waals surface area contributed by atoms with Gasteiger partial charge in [-0.15, -0.1) is 0 Å². The maximum Gasteiger partial charge on any atom is 0.417 e. The molecule has 13 nitrogen and oxygen atoms in total. The van der Waals surface area contributed by atoms with Gasteiger partial charge in [0.1, 0.15) is 0 Å². The molecule has 0 aliphatic rings. The minimum atomic E-state index is -5.03. The lowest BCUT2D eigenvalue weighted by atomic mass is 9.93. The molecule has 462 valence electrons. The largest absolute Gasteiger partial charge is 0.417 e. The third kappa shape index (κ3) is 10.9. The van der Waals surface area contributed by atoms with Crippen LogP contribution in [0.4, 0.5) is 35.9 Å². The second kappa shape index (κ2) is 24.7. The molecule has 3 aromatic heterocycles. The second-order valence-electron chi connectivity index (χ2n) is 23.5. The van der Waals surface area contributed by atoms with Gasteiger partial charge in [-0.1, -0.05) is 109 Å². The topological polar surface area (TPSA) is 161 Å². The van der Waals surface area contributed by atoms with Crippen LogP contribution in [0.3, 0.4) is 0 Å². The highest BCUT2D eigenvalue weighted by atomic mass is 19.4. The van der Waals surface area contributed by atoms with Crippen molar-refractivity contribution in [2.24, 2.45) is 0 Å². The van der Waals surface area contributed by atoms with Crippen molar-refractivity contribution < 1.29 is 13.2 Å². The Balaban J connectivity index is 1.07. The van der Waals surface area contributed by atoms with Gasteiger partial charge in [0.2, 0.25) is 0 Å². The van der Waals surface area contributed by atoms with Crippen LogP contribution in [0.15, 0.2) is 243 Å². The van der Waals surface area contributed by atoms with E-state index in [0.717, 1.165) is 6.07 Å². The molecular formula is C84H40F3N13. The third-order valence-corrected chi connectivity index (χ3v) is 17.6. The Morgan fingerprint density at radius 1 is 0.310 bits per heavy atom. The number of hydrogen-bond donors (Lipinski definition) is 0. The lowest BCUT2D eigenvalue weighted by Gasteiger charge is -2.23. The minimum absolute atomic E-state index is 0.0887. The lowest BCUT2D eigenvalue weighted by molar-refractivity contribution is -0.137. The van der Waals surface area contributed by atoms with Crippen molar-refractivity contribution in [2.45, 2.75) is 6.18 Å². The number of benzene rings is 12. The average molecular weight is 1290 g/mol. The number of rotatable bonds is 10. The molecule has 12 aromatic carbocycles. The molecule has 16 heteroatoms. The first-order chi connectivity index (χ1) is 48.7. The number of nitrogens with zero attached hydrogens (tertiary/aromatic N) is 13. The lowest BCUT2D eigenvalue weighted by Crippen LogP contribution is -2.11. The number of fused-ring (bicyclic) bond motifs is 6. The zero-order valence-corrected chi connectivity index (χ0v) is 52.0. The van der Waals surface area contributed by atoms with E-state index in [1.807, 2.05) is 114 Å². The maximum absolute atomic E-state index is 17.0. The van der Waals surface area contributed by atoms with E-state index in [9.17, 15) is 21.0 Å². The number of halogens is 3. The Morgan fingerprint density at radius 3 is 1.05 bits per heavy atom. The Hall–Kier alpha value is -15.0. The monoisotopic (exact) mass is 1290 g/mol. The van der Waals surface area contributed by atoms with Crippen molar-refractivity contribution in [1.82, 2.24) is 24.1 Å². The van der Waals surface area contributed by atoms with Crippen LogP contribution in [-0.4, -0.2) is 24.1 Å². The molecule has 0 bridgehead atoms. The van der Waals surface area contributed by atoms with Crippen molar-refractivity contribution >= 4 is 66.4 Å². The van der Waals surface area contributed by atoms with Gasteiger partial charge in [0, 0.05) is 60.5 Å². The molecule has 0 saturated heterocycles. The van der Waals surface area contributed by atoms with E-state index in [1.54, 1.807) is 102 Å². The smallest absolute Gasteiger partial charge is 0.309 e. The minimum Gasteiger partial charge on any atom is -0.309 e. The van der Waals surface area contributed by atoms with E-state index < -0.39 is 11.7 Å². The molecule has 0 spiro atoms. The van der Waals surface area contributed by atoms with Gasteiger partial charge in [0.25, 0.3) is 0 Å². The predicted molar refractivity (Wildman–Crippen MR) is 381 cm³/mol. The van der Waals surface area contributed by atoms with E-state index in [2.05, 4.69) is 43.7 Å². The molecule has 15 aromatic rings. The number of nitriles is 4. The van der Waals surface area contributed by atoms with Crippen LogP contribution in [0.1, 0.15) is 27.8 Å². The fraction of sp³-hybridized carbons (Fsp3) is 0.0119. The van der Waals surface area contributed by atoms with Crippen molar-refractivity contribution in [3.63, 3.8) is 0 Å². The molecule has 0 unspecified atom stereocenters. The van der Waals surface area contributed by atoms with Gasteiger partial charge in [0.05, 0.1) is 101 Å². The molecule has 100 heavy (non-hydrogen) atoms. The standard InChI is InChI=1S/C84H40F3N13/c1-92-64-33-51(47-90)31-61(35-64)56-19-23-74-68(40-56)69-42-58(63-37-66(94-3)44-67(38-63)95-4)21-24-75(69)99(74)78-27-22-59(83-97-81(53-12-7-5-8-13-53)96-82(98-83)54-14-9-6-10-15-54)43-72(78)80-73(84(85,86)87)16-11-17-79(80)100-76-25-18-55(60-29-49(45-88)28-50(30-60)46-89)39-70(76)71-41-57(20-26-77(71)100)62-32-52(48-91)34-65(36-62)93-2/h5-44H. The van der Waals surface area contributed by atoms with E-state index in [1.165, 1.54) is 30.3 Å². The summed E-state index contributed by atoms with van der Waals surface area (Å²) in [5.74, 6) is 0.777. The van der Waals surface area contributed by atoms with Crippen molar-refractivity contribution in [1.29, 1.82) is 21.0 Å². The van der Waals surface area contributed by atoms with Crippen LogP contribution >= 0.6 is 0 Å². The zero-order valence-electron chi connectivity index (χ0n) is 52.0. The summed E-state index contributed by atoms with van der Waals surface area (Å²) in [4.78, 5) is 29.8. The first kappa shape index (κ1) is 61.2. The summed E-state index contributed by atoms with van der Waals surface area (Å²) in [5.41, 5.74) is 9.63. The van der Waals surface area contributed by atoms with Gasteiger partial charge in [-0.25, -0.2) is 34.3 Å². The highest BCUT2D eigenvalue weighted by molar-refractivity contribution is 6.14. The van der Waals surface area contributed by atoms with Crippen molar-refractivity contribution in [3.05, 3.63) is 316 Å². The molecule has 0 aliphatic heterocycles. The van der Waals surface area contributed by atoms with Gasteiger partial charge in [-0.05, 0) is 178 Å². The highest BCUT2D eigenvalue weighted by Crippen LogP contribution is 2.49. The molecule has 3 heterocycles. The summed E-state index contributed by atoms with van der Waals surface area (Å²) in [6.07, 6.45) is -5.03. The van der Waals surface area contributed by atoms with E-state index in [-0.39, 0.29) is 67.6 Å². The van der Waals surface area contributed by atoms with Crippen molar-refractivity contribution in [3.8, 4) is 125 Å². The van der Waals surface area contributed by atoms with Gasteiger partial charge in [-0.3, -0.25) is 0 Å². The Kier molecular flexibility index (Phi) is 15.1. The van der Waals surface area contributed by atoms with Crippen LogP contribution in [0.5, 0.6) is 0 Å². The predicted octanol–water partition coefficient (Wildman–Crippen LogP) is 22.1. The summed E-state index contributed by atoms with van der Waals surface area (Å²) in [7, 11) is 0. The fourth-order valence-electron chi connectivity index (χ4n) is 13.2. The molecule has 0 atom stereocenters. The molecule has 0 radical (unpaired) electrons. The van der Waals surface area contributed by atoms with Crippen LogP contribution in [0, 0.1) is 71.6 Å². The van der Waals surface area contributed by atoms with E-state index in [4.69, 9.17) is 41.2 Å². The first-order valence-electron chi connectivity index (χ1n) is 30.9. The SMILES string of the molecule is [C-]#[N+]c1cc(C#N)cc(-c2ccc3c(c2)c2cc(-c4cc([N+]#[C-])cc([N+]#[C-])c4)ccc2n3-c2ccc(-c3nc(-c4ccccc4)nc(-c4ccccc4)n3)cc2-c2c(-n3c4ccc(-c5cc(C#N)cc(C#N)c5)cc4c4cc(-c5cc(C#N)cc([N+]#[C-])c5)ccc43)cccc2C(F)(F)F)c1. The molecule has 0 saturated carbocycles. The third-order valence-electron chi connectivity index (χ3n) is 17.6. The summed E-state index contributed by atoms with van der Waals surface area (Å²) in [6, 6.07) is 78.1. The fourth-order valence-corrected chi connectivity index (χ4v) is 13.2. The molecule has 0 N–H and O–H groups in total. The van der Waals surface area contributed by atoms with Gasteiger partial charge < -0.3 is 9.13 Å². The molecule has 0 aliphatic carbocycles. The first-order valence-corrected chi connectivity index (χ1v) is 30.9. The Morgan fingerprint density at radius 2 is 0.660 bits per heavy atom. The molecular weight excluding hydrogens is 1250 g/mol. The summed E-state index contributed by atoms with van der Waals surface area (Å²) >= 11 is 0. The van der Waals surface area contributed by atoms with Crippen molar-refractivity contribution in [2.75, 3.05) is 0 Å². The molecule has 0 amide bonds. The Labute approximate surface area is 569 Å². The summed E-state index contributed by atoms with van der Waals surface area (Å²) in [6.45, 7) is 31.7. The van der Waals surface area contributed by atoms with Gasteiger partial charge in [-0.2, -0.15) is 34.2 Å². The van der Waals surface area contributed by atoms with Crippen LogP contribution in [0.25, 0.3) is 164 Å². The van der Waals surface area contributed by atoms with Crippen LogP contribution < -0.4 is 0 Å². The number of aromatic nitrogens is 5.